The Bertz CT molecular complexity index is 294. The molecule has 92 valence electrons. The average molecular weight is 225 g/mol. The van der Waals surface area contributed by atoms with E-state index in [4.69, 9.17) is 9.15 Å². The Morgan fingerprint density at radius 1 is 1.38 bits per heavy atom. The van der Waals surface area contributed by atoms with Gasteiger partial charge < -0.3 is 14.5 Å². The van der Waals surface area contributed by atoms with Crippen LogP contribution in [0.3, 0.4) is 0 Å². The molecule has 0 saturated carbocycles. The van der Waals surface area contributed by atoms with Gasteiger partial charge in [-0.15, -0.1) is 0 Å². The minimum atomic E-state index is 0.306. The molecule has 0 radical (unpaired) electrons. The molecule has 0 saturated heterocycles. The predicted octanol–water partition coefficient (Wildman–Crippen LogP) is 3.09. The van der Waals surface area contributed by atoms with E-state index < -0.39 is 0 Å². The summed E-state index contributed by atoms with van der Waals surface area (Å²) in [5.41, 5.74) is 1.15. The Kier molecular flexibility index (Phi) is 5.56. The summed E-state index contributed by atoms with van der Waals surface area (Å²) in [6.07, 6.45) is 3.07. The lowest BCUT2D eigenvalue weighted by Gasteiger charge is -2.11. The van der Waals surface area contributed by atoms with E-state index in [0.29, 0.717) is 18.8 Å². The first-order chi connectivity index (χ1) is 7.63. The second-order valence-corrected chi connectivity index (χ2v) is 4.43. The molecule has 3 heteroatoms. The topological polar surface area (TPSA) is 34.4 Å². The van der Waals surface area contributed by atoms with E-state index in [0.717, 1.165) is 24.3 Å². The molecule has 0 amide bonds. The van der Waals surface area contributed by atoms with Crippen molar-refractivity contribution >= 4 is 0 Å². The van der Waals surface area contributed by atoms with E-state index >= 15 is 0 Å². The van der Waals surface area contributed by atoms with Gasteiger partial charge in [0.2, 0.25) is 0 Å². The minimum Gasteiger partial charge on any atom is -0.468 e. The van der Waals surface area contributed by atoms with Crippen molar-refractivity contribution in [2.75, 3.05) is 0 Å². The Balaban J connectivity index is 2.43. The van der Waals surface area contributed by atoms with Crippen LogP contribution in [0.1, 0.15) is 45.4 Å². The molecule has 1 aromatic rings. The largest absolute Gasteiger partial charge is 0.468 e. The van der Waals surface area contributed by atoms with Crippen LogP contribution in [0.25, 0.3) is 0 Å². The zero-order valence-electron chi connectivity index (χ0n) is 10.7. The highest BCUT2D eigenvalue weighted by Gasteiger charge is 2.08. The first kappa shape index (κ1) is 13.3. The number of ether oxygens (including phenoxy) is 1. The second kappa shape index (κ2) is 6.71. The van der Waals surface area contributed by atoms with Crippen LogP contribution < -0.4 is 5.32 Å². The van der Waals surface area contributed by atoms with Gasteiger partial charge in [0.1, 0.15) is 5.76 Å². The molecule has 0 aliphatic heterocycles. The fourth-order valence-electron chi connectivity index (χ4n) is 1.30. The maximum absolute atomic E-state index is 5.70. The molecule has 0 aromatic carbocycles. The fourth-order valence-corrected chi connectivity index (χ4v) is 1.30. The van der Waals surface area contributed by atoms with Gasteiger partial charge in [-0.05, 0) is 19.4 Å². The SMILES string of the molecule is CCC(C)OCc1ccoc1CNC(C)C. The summed E-state index contributed by atoms with van der Waals surface area (Å²) in [5, 5.41) is 3.34. The molecule has 1 heterocycles. The zero-order chi connectivity index (χ0) is 12.0. The third-order valence-electron chi connectivity index (χ3n) is 2.61. The third kappa shape index (κ3) is 4.37. The lowest BCUT2D eigenvalue weighted by atomic mass is 10.2. The highest BCUT2D eigenvalue weighted by Crippen LogP contribution is 2.13. The lowest BCUT2D eigenvalue weighted by Crippen LogP contribution is -2.22. The Morgan fingerprint density at radius 2 is 2.12 bits per heavy atom. The summed E-state index contributed by atoms with van der Waals surface area (Å²) in [4.78, 5) is 0. The Morgan fingerprint density at radius 3 is 2.75 bits per heavy atom. The smallest absolute Gasteiger partial charge is 0.123 e. The molecule has 0 aliphatic carbocycles. The van der Waals surface area contributed by atoms with Crippen molar-refractivity contribution in [1.29, 1.82) is 0 Å². The van der Waals surface area contributed by atoms with Crippen molar-refractivity contribution < 1.29 is 9.15 Å². The number of rotatable bonds is 7. The van der Waals surface area contributed by atoms with Crippen molar-refractivity contribution in [2.24, 2.45) is 0 Å². The van der Waals surface area contributed by atoms with Crippen LogP contribution in [-0.2, 0) is 17.9 Å². The summed E-state index contributed by atoms with van der Waals surface area (Å²) in [6.45, 7) is 9.87. The summed E-state index contributed by atoms with van der Waals surface area (Å²) in [7, 11) is 0. The quantitative estimate of drug-likeness (QED) is 0.774. The van der Waals surface area contributed by atoms with E-state index in [1.807, 2.05) is 6.07 Å². The molecule has 1 rings (SSSR count). The van der Waals surface area contributed by atoms with Gasteiger partial charge in [0, 0.05) is 11.6 Å². The molecule has 1 atom stereocenters. The molecule has 1 aromatic heterocycles. The van der Waals surface area contributed by atoms with E-state index in [1.165, 1.54) is 0 Å². The van der Waals surface area contributed by atoms with Crippen LogP contribution in [0.5, 0.6) is 0 Å². The normalized spacial score (nSPS) is 13.3. The van der Waals surface area contributed by atoms with Gasteiger partial charge >= 0.3 is 0 Å². The molecular weight excluding hydrogens is 202 g/mol. The van der Waals surface area contributed by atoms with Crippen molar-refractivity contribution in [3.05, 3.63) is 23.7 Å². The van der Waals surface area contributed by atoms with Crippen molar-refractivity contribution in [1.82, 2.24) is 5.32 Å². The Labute approximate surface area is 98.2 Å². The van der Waals surface area contributed by atoms with E-state index in [9.17, 15) is 0 Å². The maximum atomic E-state index is 5.70. The lowest BCUT2D eigenvalue weighted by molar-refractivity contribution is 0.0499. The maximum Gasteiger partial charge on any atom is 0.123 e. The van der Waals surface area contributed by atoms with Crippen LogP contribution in [0.2, 0.25) is 0 Å². The zero-order valence-corrected chi connectivity index (χ0v) is 10.7. The van der Waals surface area contributed by atoms with Gasteiger partial charge in [-0.2, -0.15) is 0 Å². The standard InChI is InChI=1S/C13H23NO2/c1-5-11(4)16-9-12-6-7-15-13(12)8-14-10(2)3/h6-7,10-11,14H,5,8-9H2,1-4H3. The number of hydrogen-bond acceptors (Lipinski definition) is 3. The van der Waals surface area contributed by atoms with Crippen molar-refractivity contribution in [2.45, 2.75) is 59.4 Å². The molecule has 0 aliphatic rings. The fraction of sp³-hybridized carbons (Fsp3) is 0.692. The number of furan rings is 1. The van der Waals surface area contributed by atoms with Crippen molar-refractivity contribution in [3.8, 4) is 0 Å². The minimum absolute atomic E-state index is 0.306. The molecule has 0 fully saturated rings. The van der Waals surface area contributed by atoms with Crippen LogP contribution in [-0.4, -0.2) is 12.1 Å². The van der Waals surface area contributed by atoms with Gasteiger partial charge in [-0.1, -0.05) is 20.8 Å². The first-order valence-electron chi connectivity index (χ1n) is 6.03. The molecule has 3 nitrogen and oxygen atoms in total. The van der Waals surface area contributed by atoms with Crippen LogP contribution in [0.4, 0.5) is 0 Å². The monoisotopic (exact) mass is 225 g/mol. The highest BCUT2D eigenvalue weighted by atomic mass is 16.5. The molecule has 0 bridgehead atoms. The van der Waals surface area contributed by atoms with Crippen LogP contribution in [0, 0.1) is 0 Å². The summed E-state index contributed by atoms with van der Waals surface area (Å²) >= 11 is 0. The molecular formula is C13H23NO2. The van der Waals surface area contributed by atoms with Crippen LogP contribution in [0.15, 0.2) is 16.7 Å². The third-order valence-corrected chi connectivity index (χ3v) is 2.61. The molecule has 0 spiro atoms. The van der Waals surface area contributed by atoms with E-state index in [2.05, 4.69) is 33.0 Å². The van der Waals surface area contributed by atoms with E-state index in [-0.39, 0.29) is 0 Å². The summed E-state index contributed by atoms with van der Waals surface area (Å²) < 4.78 is 11.1. The summed E-state index contributed by atoms with van der Waals surface area (Å²) in [5.74, 6) is 0.983. The van der Waals surface area contributed by atoms with Gasteiger partial charge in [-0.25, -0.2) is 0 Å². The molecule has 1 unspecified atom stereocenters. The molecule has 16 heavy (non-hydrogen) atoms. The van der Waals surface area contributed by atoms with E-state index in [1.54, 1.807) is 6.26 Å². The Hall–Kier alpha value is -0.800. The summed E-state index contributed by atoms with van der Waals surface area (Å²) in [6, 6.07) is 2.45. The number of nitrogens with one attached hydrogen (secondary N) is 1. The van der Waals surface area contributed by atoms with Crippen LogP contribution >= 0.6 is 0 Å². The van der Waals surface area contributed by atoms with Crippen molar-refractivity contribution in [3.63, 3.8) is 0 Å². The highest BCUT2D eigenvalue weighted by molar-refractivity contribution is 5.15. The molecule has 1 N–H and O–H groups in total. The van der Waals surface area contributed by atoms with Gasteiger partial charge in [-0.3, -0.25) is 0 Å². The van der Waals surface area contributed by atoms with Gasteiger partial charge in [0.25, 0.3) is 0 Å². The number of hydrogen-bond donors (Lipinski definition) is 1. The average Bonchev–Trinajstić information content (AvgIpc) is 2.70. The van der Waals surface area contributed by atoms with Gasteiger partial charge in [0.05, 0.1) is 25.5 Å². The first-order valence-corrected chi connectivity index (χ1v) is 6.03. The second-order valence-electron chi connectivity index (χ2n) is 4.43. The predicted molar refractivity (Wildman–Crippen MR) is 65.2 cm³/mol. The van der Waals surface area contributed by atoms with Gasteiger partial charge in [0.15, 0.2) is 0 Å².